The van der Waals surface area contributed by atoms with Crippen LogP contribution in [0.4, 0.5) is 0 Å². The van der Waals surface area contributed by atoms with Crippen molar-refractivity contribution in [3.05, 3.63) is 102 Å². The zero-order chi connectivity index (χ0) is 22.2. The number of thiophene rings is 2. The Morgan fingerprint density at radius 2 is 1.57 bits per heavy atom. The molecule has 8 aromatic rings. The third-order valence-electron chi connectivity index (χ3n) is 6.67. The van der Waals surface area contributed by atoms with Gasteiger partial charge in [-0.3, -0.25) is 16.3 Å². The van der Waals surface area contributed by atoms with Gasteiger partial charge in [-0.2, -0.15) is 11.3 Å². The van der Waals surface area contributed by atoms with Gasteiger partial charge in [-0.1, -0.05) is 69.7 Å². The van der Waals surface area contributed by atoms with E-state index in [0.717, 1.165) is 11.0 Å². The van der Waals surface area contributed by atoms with E-state index in [1.165, 1.54) is 53.5 Å². The number of para-hydroxylation sites is 2. The van der Waals surface area contributed by atoms with Crippen LogP contribution >= 0.6 is 22.7 Å². The quantitative estimate of drug-likeness (QED) is 0.171. The molecular formula is C29H16IrN3S2-. The molecule has 6 heteroatoms. The van der Waals surface area contributed by atoms with Crippen molar-refractivity contribution < 1.29 is 20.1 Å². The molecule has 0 amide bonds. The van der Waals surface area contributed by atoms with Gasteiger partial charge in [0.15, 0.2) is 0 Å². The van der Waals surface area contributed by atoms with E-state index in [0.29, 0.717) is 0 Å². The second-order valence-corrected chi connectivity index (χ2v) is 10.2. The van der Waals surface area contributed by atoms with Crippen LogP contribution in [-0.4, -0.2) is 14.0 Å². The Kier molecular flexibility index (Phi) is 4.73. The summed E-state index contributed by atoms with van der Waals surface area (Å²) in [7, 11) is 0. The maximum absolute atomic E-state index is 4.65. The number of rotatable bonds is 2. The number of aromatic nitrogens is 3. The molecule has 35 heavy (non-hydrogen) atoms. The fourth-order valence-electron chi connectivity index (χ4n) is 5.24. The zero-order valence-electron chi connectivity index (χ0n) is 18.2. The summed E-state index contributed by atoms with van der Waals surface area (Å²) in [5.41, 5.74) is 7.01. The van der Waals surface area contributed by atoms with Crippen molar-refractivity contribution in [2.45, 2.75) is 0 Å². The molecule has 0 atom stereocenters. The summed E-state index contributed by atoms with van der Waals surface area (Å²) in [4.78, 5) is 5.89. The van der Waals surface area contributed by atoms with Crippen molar-refractivity contribution in [3.63, 3.8) is 0 Å². The van der Waals surface area contributed by atoms with Crippen LogP contribution in [0.3, 0.4) is 0 Å². The van der Waals surface area contributed by atoms with Crippen LogP contribution in [0.1, 0.15) is 0 Å². The number of hydrogen-bond acceptors (Lipinski definition) is 3. The minimum Gasteiger partial charge on any atom is -0.339 e. The minimum atomic E-state index is 0. The maximum Gasteiger partial charge on any atom is 0.0610 e. The average Bonchev–Trinajstić information content (AvgIpc) is 3.67. The number of fused-ring (bicyclic) bond motifs is 9. The van der Waals surface area contributed by atoms with Gasteiger partial charge < -0.3 is 8.97 Å². The Morgan fingerprint density at radius 1 is 0.800 bits per heavy atom. The summed E-state index contributed by atoms with van der Waals surface area (Å²) in [6.45, 7) is 0. The molecule has 0 bridgehead atoms. The van der Waals surface area contributed by atoms with E-state index < -0.39 is 0 Å². The van der Waals surface area contributed by atoms with Crippen LogP contribution in [0, 0.1) is 5.38 Å². The van der Waals surface area contributed by atoms with Crippen LogP contribution in [0.15, 0.2) is 96.6 Å². The predicted molar refractivity (Wildman–Crippen MR) is 145 cm³/mol. The van der Waals surface area contributed by atoms with Crippen LogP contribution < -0.4 is 0 Å². The van der Waals surface area contributed by atoms with E-state index in [9.17, 15) is 0 Å². The first kappa shape index (κ1) is 21.0. The summed E-state index contributed by atoms with van der Waals surface area (Å²) in [6.07, 6.45) is 3.91. The summed E-state index contributed by atoms with van der Waals surface area (Å²) in [5, 5.41) is 10.6. The van der Waals surface area contributed by atoms with Gasteiger partial charge in [-0.05, 0) is 35.7 Å². The van der Waals surface area contributed by atoms with Crippen molar-refractivity contribution in [1.82, 2.24) is 14.0 Å². The summed E-state index contributed by atoms with van der Waals surface area (Å²) < 4.78 is 5.84. The molecule has 0 saturated carbocycles. The average molecular weight is 663 g/mol. The SMILES string of the molecule is [Ir].[c-]1sc(-c2cccc(-n3c4ccccc4c4ccccc43)c2)c2c1c1nccn1c1ccsc21. The molecular weight excluding hydrogens is 647 g/mol. The van der Waals surface area contributed by atoms with Gasteiger partial charge in [0.25, 0.3) is 0 Å². The second kappa shape index (κ2) is 7.87. The Balaban J connectivity index is 0.00000210. The molecule has 0 fully saturated rings. The zero-order valence-corrected chi connectivity index (χ0v) is 22.3. The molecule has 0 unspecified atom stereocenters. The van der Waals surface area contributed by atoms with E-state index in [-0.39, 0.29) is 20.1 Å². The molecule has 0 aliphatic heterocycles. The molecule has 0 aliphatic carbocycles. The molecule has 5 aromatic heterocycles. The first-order valence-corrected chi connectivity index (χ1v) is 12.8. The summed E-state index contributed by atoms with van der Waals surface area (Å²) in [6, 6.07) is 28.4. The molecule has 0 spiro atoms. The molecule has 0 saturated heterocycles. The Morgan fingerprint density at radius 3 is 2.37 bits per heavy atom. The van der Waals surface area contributed by atoms with Crippen molar-refractivity contribution >= 4 is 71.1 Å². The van der Waals surface area contributed by atoms with Gasteiger partial charge in [0, 0.05) is 59.2 Å². The number of benzene rings is 3. The van der Waals surface area contributed by atoms with E-state index >= 15 is 0 Å². The van der Waals surface area contributed by atoms with Gasteiger partial charge in [-0.15, -0.1) is 5.39 Å². The van der Waals surface area contributed by atoms with Gasteiger partial charge >= 0.3 is 0 Å². The Hall–Kier alpha value is -3.28. The topological polar surface area (TPSA) is 22.2 Å². The predicted octanol–water partition coefficient (Wildman–Crippen LogP) is 8.33. The number of hydrogen-bond donors (Lipinski definition) is 0. The molecule has 3 nitrogen and oxygen atoms in total. The van der Waals surface area contributed by atoms with Gasteiger partial charge in [0.1, 0.15) is 0 Å². The van der Waals surface area contributed by atoms with Gasteiger partial charge in [-0.25, -0.2) is 0 Å². The van der Waals surface area contributed by atoms with Crippen molar-refractivity contribution in [2.24, 2.45) is 0 Å². The van der Waals surface area contributed by atoms with E-state index in [2.05, 4.69) is 104 Å². The van der Waals surface area contributed by atoms with Gasteiger partial charge in [0.05, 0.1) is 16.7 Å². The molecule has 3 aromatic carbocycles. The largest absolute Gasteiger partial charge is 0.339 e. The van der Waals surface area contributed by atoms with Crippen LogP contribution in [-0.2, 0) is 20.1 Å². The standard InChI is InChI=1S/C29H16N3S2.Ir/c1-3-10-23-20(8-1)21-9-2-4-11-24(21)32(23)19-7-5-6-18(16-19)27-26-22(17-34-27)29-30-13-14-31(29)25-12-15-33-28(25)26;/h1-16H;/q-1;. The van der Waals surface area contributed by atoms with E-state index in [4.69, 9.17) is 0 Å². The monoisotopic (exact) mass is 663 g/mol. The molecule has 0 N–H and O–H groups in total. The first-order chi connectivity index (χ1) is 16.9. The Labute approximate surface area is 222 Å². The van der Waals surface area contributed by atoms with E-state index in [1.54, 1.807) is 22.7 Å². The van der Waals surface area contributed by atoms with Crippen LogP contribution in [0.5, 0.6) is 0 Å². The minimum absolute atomic E-state index is 0. The third-order valence-corrected chi connectivity index (χ3v) is 8.55. The normalized spacial score (nSPS) is 11.8. The Bertz CT molecular complexity index is 1960. The number of nitrogens with zero attached hydrogens (tertiary/aromatic N) is 3. The summed E-state index contributed by atoms with van der Waals surface area (Å²) in [5.74, 6) is 0. The first-order valence-electron chi connectivity index (χ1n) is 11.1. The molecule has 0 aliphatic rings. The second-order valence-electron chi connectivity index (χ2n) is 8.46. The van der Waals surface area contributed by atoms with Crippen LogP contribution in [0.2, 0.25) is 0 Å². The molecule has 1 radical (unpaired) electrons. The smallest absolute Gasteiger partial charge is 0.0610 e. The van der Waals surface area contributed by atoms with Gasteiger partial charge in [0.2, 0.25) is 0 Å². The summed E-state index contributed by atoms with van der Waals surface area (Å²) >= 11 is 3.47. The maximum atomic E-state index is 4.65. The van der Waals surface area contributed by atoms with Crippen molar-refractivity contribution in [2.75, 3.05) is 0 Å². The fourth-order valence-corrected chi connectivity index (χ4v) is 7.20. The molecule has 169 valence electrons. The van der Waals surface area contributed by atoms with Crippen LogP contribution in [0.25, 0.3) is 64.6 Å². The fraction of sp³-hybridized carbons (Fsp3) is 0. The van der Waals surface area contributed by atoms with E-state index in [1.807, 2.05) is 12.4 Å². The number of imidazole rings is 1. The number of pyridine rings is 1. The van der Waals surface area contributed by atoms with Crippen molar-refractivity contribution in [3.8, 4) is 16.1 Å². The third kappa shape index (κ3) is 2.88. The molecule has 8 rings (SSSR count). The van der Waals surface area contributed by atoms with Crippen molar-refractivity contribution in [1.29, 1.82) is 0 Å². The molecule has 5 heterocycles.